The molecule has 0 aromatic carbocycles. The summed E-state index contributed by atoms with van der Waals surface area (Å²) in [5.41, 5.74) is 0.940. The predicted molar refractivity (Wildman–Crippen MR) is 55.5 cm³/mol. The van der Waals surface area contributed by atoms with Gasteiger partial charge in [-0.3, -0.25) is 5.32 Å². The number of thioether (sulfide) groups is 1. The van der Waals surface area contributed by atoms with Crippen molar-refractivity contribution >= 4 is 17.7 Å². The molecule has 0 aliphatic carbocycles. The average molecular weight is 228 g/mol. The van der Waals surface area contributed by atoms with Crippen LogP contribution in [0.1, 0.15) is 29.1 Å². The molecule has 0 bridgehead atoms. The molecular formula is C8H12N4O2S. The molecule has 1 atom stereocenters. The average Bonchev–Trinajstić information content (AvgIpc) is 2.88. The number of nitrogens with zero attached hydrogens (tertiary/aromatic N) is 2. The quantitative estimate of drug-likeness (QED) is 0.725. The third kappa shape index (κ3) is 2.13. The molecular weight excluding hydrogens is 216 g/mol. The lowest BCUT2D eigenvalue weighted by atomic mass is 10.2. The van der Waals surface area contributed by atoms with Crippen LogP contribution >= 0.6 is 11.8 Å². The van der Waals surface area contributed by atoms with Gasteiger partial charge in [0, 0.05) is 11.6 Å². The molecule has 1 saturated heterocycles. The topological polar surface area (TPSA) is 79.9 Å². The van der Waals surface area contributed by atoms with Crippen LogP contribution in [0.4, 0.5) is 0 Å². The van der Waals surface area contributed by atoms with Gasteiger partial charge >= 0.3 is 5.97 Å². The van der Waals surface area contributed by atoms with Crippen molar-refractivity contribution in [3.63, 3.8) is 0 Å². The lowest BCUT2D eigenvalue weighted by Crippen LogP contribution is -2.19. The van der Waals surface area contributed by atoms with Crippen molar-refractivity contribution in [1.29, 1.82) is 0 Å². The van der Waals surface area contributed by atoms with Crippen molar-refractivity contribution < 1.29 is 9.53 Å². The molecule has 2 N–H and O–H groups in total. The third-order valence-electron chi connectivity index (χ3n) is 2.09. The first kappa shape index (κ1) is 10.4. The van der Waals surface area contributed by atoms with Gasteiger partial charge in [-0.25, -0.2) is 4.79 Å². The van der Waals surface area contributed by atoms with Crippen LogP contribution in [-0.2, 0) is 4.74 Å². The molecule has 0 amide bonds. The number of ether oxygens (including phenoxy) is 1. The van der Waals surface area contributed by atoms with Crippen molar-refractivity contribution in [2.24, 2.45) is 0 Å². The summed E-state index contributed by atoms with van der Waals surface area (Å²) < 4.78 is 4.89. The summed E-state index contributed by atoms with van der Waals surface area (Å²) in [6.07, 6.45) is 0. The lowest BCUT2D eigenvalue weighted by molar-refractivity contribution is 0.0517. The smallest absolute Gasteiger partial charge is 0.360 e. The predicted octanol–water partition coefficient (Wildman–Crippen LogP) is 0.316. The van der Waals surface area contributed by atoms with Crippen LogP contribution in [0.15, 0.2) is 0 Å². The molecule has 2 rings (SSSR count). The van der Waals surface area contributed by atoms with E-state index in [0.717, 1.165) is 11.6 Å². The van der Waals surface area contributed by atoms with E-state index >= 15 is 0 Å². The second-order valence-corrected chi connectivity index (χ2v) is 4.08. The van der Waals surface area contributed by atoms with Crippen LogP contribution in [0.25, 0.3) is 0 Å². The number of carbonyl (C=O) groups is 1. The fraction of sp³-hybridized carbons (Fsp3) is 0.625. The Bertz CT molecular complexity index is 348. The van der Waals surface area contributed by atoms with Crippen molar-refractivity contribution in [2.75, 3.05) is 18.2 Å². The molecule has 2 heterocycles. The minimum Gasteiger partial charge on any atom is -0.461 e. The zero-order valence-corrected chi connectivity index (χ0v) is 9.13. The highest BCUT2D eigenvalue weighted by Crippen LogP contribution is 2.24. The Morgan fingerprint density at radius 2 is 2.53 bits per heavy atom. The molecule has 1 fully saturated rings. The number of nitrogens with one attached hydrogen (secondary N) is 2. The van der Waals surface area contributed by atoms with Gasteiger partial charge in [0.1, 0.15) is 5.69 Å². The molecule has 1 aromatic rings. The highest BCUT2D eigenvalue weighted by Gasteiger charge is 2.27. The molecule has 82 valence electrons. The Balaban J connectivity index is 2.17. The number of hydrogen-bond donors (Lipinski definition) is 2. The second kappa shape index (κ2) is 4.63. The van der Waals surface area contributed by atoms with E-state index in [9.17, 15) is 4.79 Å². The molecule has 7 heteroatoms. The van der Waals surface area contributed by atoms with Gasteiger partial charge in [0.2, 0.25) is 0 Å². The first-order valence-electron chi connectivity index (χ1n) is 4.71. The van der Waals surface area contributed by atoms with E-state index in [-0.39, 0.29) is 11.7 Å². The first-order valence-corrected chi connectivity index (χ1v) is 5.87. The molecule has 0 radical (unpaired) electrons. The highest BCUT2D eigenvalue weighted by atomic mass is 32.2. The fourth-order valence-electron chi connectivity index (χ4n) is 1.40. The molecule has 1 aliphatic rings. The van der Waals surface area contributed by atoms with Gasteiger partial charge < -0.3 is 4.74 Å². The van der Waals surface area contributed by atoms with Crippen molar-refractivity contribution in [3.05, 3.63) is 11.4 Å². The Kier molecular flexibility index (Phi) is 3.22. The molecule has 0 spiro atoms. The number of hydrogen-bond acceptors (Lipinski definition) is 6. The third-order valence-corrected chi connectivity index (χ3v) is 3.03. The number of carbonyl (C=O) groups excluding carboxylic acids is 1. The van der Waals surface area contributed by atoms with Gasteiger partial charge in [0.15, 0.2) is 5.69 Å². The van der Waals surface area contributed by atoms with E-state index in [2.05, 4.69) is 20.7 Å². The molecule has 1 aliphatic heterocycles. The van der Waals surface area contributed by atoms with Gasteiger partial charge in [-0.1, -0.05) is 0 Å². The number of H-pyrrole nitrogens is 1. The normalized spacial score (nSPS) is 20.5. The maximum Gasteiger partial charge on any atom is 0.360 e. The summed E-state index contributed by atoms with van der Waals surface area (Å²) in [6, 6.07) is 0.0909. The number of aromatic nitrogens is 3. The Morgan fingerprint density at radius 1 is 1.67 bits per heavy atom. The molecule has 6 nitrogen and oxygen atoms in total. The summed E-state index contributed by atoms with van der Waals surface area (Å²) in [5, 5.41) is 13.5. The zero-order chi connectivity index (χ0) is 10.7. The molecule has 1 unspecified atom stereocenters. The van der Waals surface area contributed by atoms with Crippen LogP contribution in [0.5, 0.6) is 0 Å². The summed E-state index contributed by atoms with van der Waals surface area (Å²) in [6.45, 7) is 2.11. The van der Waals surface area contributed by atoms with Crippen molar-refractivity contribution in [1.82, 2.24) is 20.7 Å². The van der Waals surface area contributed by atoms with E-state index in [1.54, 1.807) is 18.7 Å². The van der Waals surface area contributed by atoms with Crippen LogP contribution in [0.3, 0.4) is 0 Å². The summed E-state index contributed by atoms with van der Waals surface area (Å²) in [4.78, 5) is 11.5. The maximum absolute atomic E-state index is 11.5. The van der Waals surface area contributed by atoms with E-state index in [1.807, 2.05) is 0 Å². The van der Waals surface area contributed by atoms with Crippen LogP contribution < -0.4 is 5.32 Å². The Morgan fingerprint density at radius 3 is 3.20 bits per heavy atom. The maximum atomic E-state index is 11.5. The summed E-state index contributed by atoms with van der Waals surface area (Å²) in [5.74, 6) is 1.36. The van der Waals surface area contributed by atoms with Crippen molar-refractivity contribution in [3.8, 4) is 0 Å². The van der Waals surface area contributed by atoms with Gasteiger partial charge in [-0.05, 0) is 6.92 Å². The number of esters is 1. The van der Waals surface area contributed by atoms with Gasteiger partial charge in [0.05, 0.1) is 12.6 Å². The highest BCUT2D eigenvalue weighted by molar-refractivity contribution is 7.99. The molecule has 0 saturated carbocycles. The fourth-order valence-corrected chi connectivity index (χ4v) is 2.35. The molecule has 1 aromatic heterocycles. The Labute approximate surface area is 91.1 Å². The van der Waals surface area contributed by atoms with E-state index < -0.39 is 5.97 Å². The monoisotopic (exact) mass is 228 g/mol. The Hall–Kier alpha value is -1.08. The zero-order valence-electron chi connectivity index (χ0n) is 8.32. The standard InChI is InChI=1S/C8H12N4O2S/c1-2-14-8(13)7-6(10-12-11-7)5-3-15-4-9-5/h5,9H,2-4H2,1H3,(H,10,11,12). The van der Waals surface area contributed by atoms with Crippen LogP contribution in [0.2, 0.25) is 0 Å². The summed E-state index contributed by atoms with van der Waals surface area (Å²) >= 11 is 1.77. The molecule has 15 heavy (non-hydrogen) atoms. The summed E-state index contributed by atoms with van der Waals surface area (Å²) in [7, 11) is 0. The van der Waals surface area contributed by atoms with Crippen molar-refractivity contribution in [2.45, 2.75) is 13.0 Å². The SMILES string of the molecule is CCOC(=O)c1n[nH]nc1C1CSCN1. The largest absolute Gasteiger partial charge is 0.461 e. The lowest BCUT2D eigenvalue weighted by Gasteiger charge is -2.06. The van der Waals surface area contributed by atoms with E-state index in [1.165, 1.54) is 0 Å². The van der Waals surface area contributed by atoms with E-state index in [4.69, 9.17) is 4.74 Å². The first-order chi connectivity index (χ1) is 7.33. The minimum absolute atomic E-state index is 0.0909. The van der Waals surface area contributed by atoms with Crippen LogP contribution in [0, 0.1) is 0 Å². The van der Waals surface area contributed by atoms with Crippen LogP contribution in [-0.4, -0.2) is 39.6 Å². The van der Waals surface area contributed by atoms with Gasteiger partial charge in [0.25, 0.3) is 0 Å². The number of aromatic amines is 1. The van der Waals surface area contributed by atoms with Gasteiger partial charge in [-0.15, -0.1) is 16.9 Å². The minimum atomic E-state index is -0.417. The van der Waals surface area contributed by atoms with E-state index in [0.29, 0.717) is 12.3 Å². The van der Waals surface area contributed by atoms with Gasteiger partial charge in [-0.2, -0.15) is 10.3 Å². The number of rotatable bonds is 3. The second-order valence-electron chi connectivity index (χ2n) is 3.05.